The van der Waals surface area contributed by atoms with E-state index in [1.165, 1.54) is 18.2 Å². The summed E-state index contributed by atoms with van der Waals surface area (Å²) in [6, 6.07) is 4.11. The molecule has 0 aliphatic heterocycles. The van der Waals surface area contributed by atoms with Crippen molar-refractivity contribution in [3.05, 3.63) is 34.9 Å². The van der Waals surface area contributed by atoms with Gasteiger partial charge in [0.2, 0.25) is 11.7 Å². The average molecular weight is 323 g/mol. The summed E-state index contributed by atoms with van der Waals surface area (Å²) >= 11 is 5.73. The number of aromatic nitrogens is 2. The molecule has 1 heterocycles. The highest BCUT2D eigenvalue weighted by Gasteiger charge is 2.18. The van der Waals surface area contributed by atoms with Gasteiger partial charge in [-0.3, -0.25) is 0 Å². The van der Waals surface area contributed by atoms with Crippen LogP contribution in [0.15, 0.2) is 27.6 Å². The van der Waals surface area contributed by atoms with Gasteiger partial charge in [0, 0.05) is 22.6 Å². The maximum Gasteiger partial charge on any atom is 0.265 e. The fourth-order valence-electron chi connectivity index (χ4n) is 1.33. The average Bonchev–Trinajstić information content (AvgIpc) is 2.72. The second-order valence-corrected chi connectivity index (χ2v) is 6.52. The normalized spacial score (nSPS) is 11.5. The van der Waals surface area contributed by atoms with Crippen molar-refractivity contribution in [3.8, 4) is 5.75 Å². The molecule has 0 radical (unpaired) electrons. The van der Waals surface area contributed by atoms with Crippen molar-refractivity contribution >= 4 is 31.3 Å². The number of benzene rings is 1. The Hall–Kier alpha value is -1.31. The van der Waals surface area contributed by atoms with E-state index >= 15 is 0 Å². The van der Waals surface area contributed by atoms with Gasteiger partial charge in [0.05, 0.1) is 0 Å². The number of rotatable bonds is 4. The highest BCUT2D eigenvalue weighted by Crippen LogP contribution is 2.30. The third kappa shape index (κ3) is 3.59. The van der Waals surface area contributed by atoms with Gasteiger partial charge >= 0.3 is 0 Å². The molecule has 0 saturated heterocycles. The molecule has 0 N–H and O–H groups in total. The second kappa shape index (κ2) is 5.36. The maximum absolute atomic E-state index is 11.4. The van der Waals surface area contributed by atoms with Gasteiger partial charge in [-0.25, -0.2) is 8.42 Å². The van der Waals surface area contributed by atoms with E-state index in [0.717, 1.165) is 0 Å². The van der Waals surface area contributed by atoms with Crippen molar-refractivity contribution in [3.63, 3.8) is 0 Å². The van der Waals surface area contributed by atoms with E-state index in [4.69, 9.17) is 31.5 Å². The van der Waals surface area contributed by atoms with E-state index in [-0.39, 0.29) is 22.3 Å². The molecule has 0 unspecified atom stereocenters. The molecule has 0 saturated carbocycles. The van der Waals surface area contributed by atoms with Crippen LogP contribution >= 0.6 is 22.3 Å². The van der Waals surface area contributed by atoms with Crippen LogP contribution in [-0.2, 0) is 15.7 Å². The number of ether oxygens (including phenoxy) is 1. The molecule has 0 bridgehead atoms. The lowest BCUT2D eigenvalue weighted by Gasteiger charge is -2.07. The zero-order valence-corrected chi connectivity index (χ0v) is 12.0. The van der Waals surface area contributed by atoms with Crippen molar-refractivity contribution in [2.45, 2.75) is 18.4 Å². The Morgan fingerprint density at radius 2 is 2.16 bits per heavy atom. The number of hydrogen-bond acceptors (Lipinski definition) is 6. The molecule has 102 valence electrons. The predicted octanol–water partition coefficient (Wildman–Crippen LogP) is 2.54. The van der Waals surface area contributed by atoms with Crippen molar-refractivity contribution in [2.75, 3.05) is 0 Å². The van der Waals surface area contributed by atoms with E-state index in [1.54, 1.807) is 6.92 Å². The van der Waals surface area contributed by atoms with Crippen LogP contribution in [0.3, 0.4) is 0 Å². The first-order chi connectivity index (χ1) is 8.86. The third-order valence-corrected chi connectivity index (χ3v) is 3.67. The molecule has 6 nitrogen and oxygen atoms in total. The molecule has 0 atom stereocenters. The van der Waals surface area contributed by atoms with Crippen LogP contribution in [0.5, 0.6) is 5.75 Å². The van der Waals surface area contributed by atoms with E-state index in [2.05, 4.69) is 10.1 Å². The van der Waals surface area contributed by atoms with Gasteiger partial charge in [-0.2, -0.15) is 4.98 Å². The molecule has 1 aromatic carbocycles. The Labute approximate surface area is 118 Å². The maximum atomic E-state index is 11.4. The van der Waals surface area contributed by atoms with Crippen LogP contribution < -0.4 is 4.74 Å². The number of halogens is 2. The molecule has 0 spiro atoms. The van der Waals surface area contributed by atoms with Crippen LogP contribution in [0.1, 0.15) is 11.7 Å². The van der Waals surface area contributed by atoms with Crippen LogP contribution in [0.25, 0.3) is 0 Å². The summed E-state index contributed by atoms with van der Waals surface area (Å²) < 4.78 is 32.9. The van der Waals surface area contributed by atoms with Gasteiger partial charge in [-0.05, 0) is 18.2 Å². The molecule has 2 aromatic rings. The SMILES string of the molecule is Cc1nc(COc2ccc(Cl)cc2S(=O)(=O)Cl)no1. The molecule has 0 aliphatic rings. The highest BCUT2D eigenvalue weighted by atomic mass is 35.7. The minimum Gasteiger partial charge on any atom is -0.484 e. The van der Waals surface area contributed by atoms with E-state index in [0.29, 0.717) is 11.7 Å². The molecule has 9 heteroatoms. The summed E-state index contributed by atoms with van der Waals surface area (Å²) in [6.07, 6.45) is 0. The quantitative estimate of drug-likeness (QED) is 0.804. The van der Waals surface area contributed by atoms with Crippen LogP contribution in [-0.4, -0.2) is 18.6 Å². The smallest absolute Gasteiger partial charge is 0.265 e. The molecule has 0 aliphatic carbocycles. The number of aryl methyl sites for hydroxylation is 1. The Morgan fingerprint density at radius 3 is 2.74 bits per heavy atom. The minimum atomic E-state index is -3.96. The summed E-state index contributed by atoms with van der Waals surface area (Å²) in [7, 11) is 1.35. The van der Waals surface area contributed by atoms with Gasteiger partial charge in [-0.1, -0.05) is 16.8 Å². The van der Waals surface area contributed by atoms with Crippen LogP contribution in [0.2, 0.25) is 5.02 Å². The third-order valence-electron chi connectivity index (χ3n) is 2.09. The first-order valence-electron chi connectivity index (χ1n) is 5.02. The lowest BCUT2D eigenvalue weighted by atomic mass is 10.3. The van der Waals surface area contributed by atoms with Crippen molar-refractivity contribution in [2.24, 2.45) is 0 Å². The van der Waals surface area contributed by atoms with E-state index < -0.39 is 9.05 Å². The number of nitrogens with zero attached hydrogens (tertiary/aromatic N) is 2. The van der Waals surface area contributed by atoms with Gasteiger partial charge < -0.3 is 9.26 Å². The van der Waals surface area contributed by atoms with Crippen molar-refractivity contribution in [1.82, 2.24) is 10.1 Å². The Morgan fingerprint density at radius 1 is 1.42 bits per heavy atom. The lowest BCUT2D eigenvalue weighted by molar-refractivity contribution is 0.279. The van der Waals surface area contributed by atoms with Gasteiger partial charge in [0.15, 0.2) is 6.61 Å². The van der Waals surface area contributed by atoms with Crippen LogP contribution in [0.4, 0.5) is 0 Å². The monoisotopic (exact) mass is 322 g/mol. The fraction of sp³-hybridized carbons (Fsp3) is 0.200. The van der Waals surface area contributed by atoms with Gasteiger partial charge in [0.25, 0.3) is 9.05 Å². The second-order valence-electron chi connectivity index (χ2n) is 3.55. The van der Waals surface area contributed by atoms with E-state index in [9.17, 15) is 8.42 Å². The fourth-order valence-corrected chi connectivity index (χ4v) is 2.57. The van der Waals surface area contributed by atoms with E-state index in [1.807, 2.05) is 0 Å². The van der Waals surface area contributed by atoms with Gasteiger partial charge in [0.1, 0.15) is 10.6 Å². The molecule has 1 aromatic heterocycles. The molecule has 0 fully saturated rings. The first-order valence-corrected chi connectivity index (χ1v) is 7.71. The summed E-state index contributed by atoms with van der Waals surface area (Å²) in [5, 5.41) is 3.86. The largest absolute Gasteiger partial charge is 0.484 e. The van der Waals surface area contributed by atoms with Crippen molar-refractivity contribution in [1.29, 1.82) is 0 Å². The van der Waals surface area contributed by atoms with Crippen molar-refractivity contribution < 1.29 is 17.7 Å². The zero-order valence-electron chi connectivity index (χ0n) is 9.63. The first kappa shape index (κ1) is 14.1. The predicted molar refractivity (Wildman–Crippen MR) is 67.9 cm³/mol. The van der Waals surface area contributed by atoms with Gasteiger partial charge in [-0.15, -0.1) is 0 Å². The van der Waals surface area contributed by atoms with Crippen LogP contribution in [0, 0.1) is 6.92 Å². The molecular formula is C10H8Cl2N2O4S. The Balaban J connectivity index is 2.25. The summed E-state index contributed by atoms with van der Waals surface area (Å²) in [4.78, 5) is 3.72. The molecule has 2 rings (SSSR count). The molecule has 0 amide bonds. The zero-order chi connectivity index (χ0) is 14.0. The molecule has 19 heavy (non-hydrogen) atoms. The minimum absolute atomic E-state index is 0.0433. The summed E-state index contributed by atoms with van der Waals surface area (Å²) in [5.41, 5.74) is 0. The lowest BCUT2D eigenvalue weighted by Crippen LogP contribution is -2.02. The molecular weight excluding hydrogens is 315 g/mol. The summed E-state index contributed by atoms with van der Waals surface area (Å²) in [6.45, 7) is 1.59. The topological polar surface area (TPSA) is 82.3 Å². The Kier molecular flexibility index (Phi) is 3.98. The standard InChI is InChI=1S/C10H8Cl2N2O4S/c1-6-13-10(14-18-6)5-17-8-3-2-7(11)4-9(8)19(12,15)16/h2-4H,5H2,1H3. The Bertz CT molecular complexity index is 699. The number of hydrogen-bond donors (Lipinski definition) is 0. The summed E-state index contributed by atoms with van der Waals surface area (Å²) in [5.74, 6) is 0.757. The highest BCUT2D eigenvalue weighted by molar-refractivity contribution is 8.13.